The van der Waals surface area contributed by atoms with Crippen LogP contribution in [0, 0.1) is 5.82 Å². The van der Waals surface area contributed by atoms with Gasteiger partial charge in [-0.25, -0.2) is 12.8 Å². The number of halogens is 1. The van der Waals surface area contributed by atoms with E-state index < -0.39 is 27.5 Å². The Labute approximate surface area is 157 Å². The molecule has 0 heterocycles. The van der Waals surface area contributed by atoms with Gasteiger partial charge in [0.05, 0.1) is 11.8 Å². The topological polar surface area (TPSA) is 63.2 Å². The highest BCUT2D eigenvalue weighted by atomic mass is 32.2. The van der Waals surface area contributed by atoms with Crippen LogP contribution in [-0.2, 0) is 20.4 Å². The molecule has 0 aliphatic rings. The Balaban J connectivity index is 1.68. The molecule has 0 aliphatic heterocycles. The van der Waals surface area contributed by atoms with Crippen molar-refractivity contribution in [1.29, 1.82) is 0 Å². The summed E-state index contributed by atoms with van der Waals surface area (Å²) in [5.41, 5.74) is 1.38. The van der Waals surface area contributed by atoms with Gasteiger partial charge in [0, 0.05) is 0 Å². The number of sulfone groups is 1. The fraction of sp³-hybridized carbons (Fsp3) is 0.190. The molecule has 0 saturated heterocycles. The fourth-order valence-corrected chi connectivity index (χ4v) is 4.33. The van der Waals surface area contributed by atoms with Crippen LogP contribution < -0.4 is 5.32 Å². The molecule has 140 valence electrons. The molecule has 0 aromatic heterocycles. The highest BCUT2D eigenvalue weighted by Gasteiger charge is 2.20. The van der Waals surface area contributed by atoms with Gasteiger partial charge in [-0.2, -0.15) is 0 Å². The van der Waals surface area contributed by atoms with E-state index in [9.17, 15) is 17.6 Å². The summed E-state index contributed by atoms with van der Waals surface area (Å²) in [6, 6.07) is 18.3. The second-order valence-electron chi connectivity index (χ2n) is 6.51. The maximum absolute atomic E-state index is 13.0. The summed E-state index contributed by atoms with van der Waals surface area (Å²) in [5, 5.41) is 4.48. The fourth-order valence-electron chi connectivity index (χ4n) is 3.02. The molecule has 1 N–H and O–H groups in total. The summed E-state index contributed by atoms with van der Waals surface area (Å²) in [5.74, 6) is -1.74. The first-order valence-electron chi connectivity index (χ1n) is 8.56. The van der Waals surface area contributed by atoms with Gasteiger partial charge in [0.15, 0.2) is 9.84 Å². The Morgan fingerprint density at radius 1 is 1.00 bits per heavy atom. The highest BCUT2D eigenvalue weighted by Crippen LogP contribution is 2.21. The molecule has 3 aromatic rings. The first-order valence-corrected chi connectivity index (χ1v) is 10.4. The zero-order valence-electron chi connectivity index (χ0n) is 14.9. The average Bonchev–Trinajstić information content (AvgIpc) is 2.61. The minimum absolute atomic E-state index is 0.202. The van der Waals surface area contributed by atoms with Crippen molar-refractivity contribution in [3.63, 3.8) is 0 Å². The smallest absolute Gasteiger partial charge is 0.235 e. The monoisotopic (exact) mass is 385 g/mol. The van der Waals surface area contributed by atoms with Crippen LogP contribution in [0.2, 0.25) is 0 Å². The molecule has 0 spiro atoms. The van der Waals surface area contributed by atoms with Crippen LogP contribution in [0.3, 0.4) is 0 Å². The lowest BCUT2D eigenvalue weighted by molar-refractivity contribution is -0.119. The molecule has 4 nitrogen and oxygen atoms in total. The third-order valence-corrected chi connectivity index (χ3v) is 5.81. The zero-order valence-corrected chi connectivity index (χ0v) is 15.7. The Morgan fingerprint density at radius 2 is 1.67 bits per heavy atom. The number of nitrogens with one attached hydrogen (secondary N) is 1. The van der Waals surface area contributed by atoms with Crippen LogP contribution in [0.5, 0.6) is 0 Å². The molecule has 0 radical (unpaired) electrons. The van der Waals surface area contributed by atoms with Gasteiger partial charge in [-0.05, 0) is 41.0 Å². The van der Waals surface area contributed by atoms with E-state index in [0.29, 0.717) is 11.1 Å². The van der Waals surface area contributed by atoms with Crippen molar-refractivity contribution >= 4 is 26.5 Å². The van der Waals surface area contributed by atoms with Gasteiger partial charge in [-0.15, -0.1) is 0 Å². The number of carbonyl (C=O) groups is 1. The Hall–Kier alpha value is -2.73. The largest absolute Gasteiger partial charge is 0.349 e. The quantitative estimate of drug-likeness (QED) is 0.703. The Kier molecular flexibility index (Phi) is 5.56. The molecule has 0 aliphatic carbocycles. The number of carbonyl (C=O) groups excluding carboxylic acids is 1. The van der Waals surface area contributed by atoms with Crippen molar-refractivity contribution in [2.45, 2.75) is 18.7 Å². The van der Waals surface area contributed by atoms with Gasteiger partial charge in [0.2, 0.25) is 5.91 Å². The molecule has 1 amide bonds. The van der Waals surface area contributed by atoms with Crippen LogP contribution in [0.1, 0.15) is 24.1 Å². The predicted molar refractivity (Wildman–Crippen MR) is 104 cm³/mol. The van der Waals surface area contributed by atoms with Crippen LogP contribution in [0.25, 0.3) is 10.8 Å². The molecule has 3 aromatic carbocycles. The van der Waals surface area contributed by atoms with Gasteiger partial charge in [0.1, 0.15) is 11.6 Å². The van der Waals surface area contributed by atoms with Crippen molar-refractivity contribution in [1.82, 2.24) is 5.32 Å². The van der Waals surface area contributed by atoms with Gasteiger partial charge in [-0.3, -0.25) is 4.79 Å². The number of fused-ring (bicyclic) bond motifs is 1. The average molecular weight is 385 g/mol. The minimum Gasteiger partial charge on any atom is -0.349 e. The minimum atomic E-state index is -3.63. The number of hydrogen-bond acceptors (Lipinski definition) is 3. The van der Waals surface area contributed by atoms with E-state index in [1.807, 2.05) is 36.4 Å². The van der Waals surface area contributed by atoms with Crippen molar-refractivity contribution in [2.24, 2.45) is 0 Å². The summed E-state index contributed by atoms with van der Waals surface area (Å²) in [6.07, 6.45) is 0. The van der Waals surface area contributed by atoms with Crippen LogP contribution in [0.15, 0.2) is 66.7 Å². The van der Waals surface area contributed by atoms with Crippen LogP contribution in [-0.4, -0.2) is 20.1 Å². The predicted octanol–water partition coefficient (Wildman–Crippen LogP) is 3.77. The summed E-state index contributed by atoms with van der Waals surface area (Å²) in [4.78, 5) is 12.2. The molecule has 0 fully saturated rings. The van der Waals surface area contributed by atoms with E-state index in [-0.39, 0.29) is 11.6 Å². The number of rotatable bonds is 6. The van der Waals surface area contributed by atoms with Gasteiger partial charge in [0.25, 0.3) is 0 Å². The van der Waals surface area contributed by atoms with E-state index >= 15 is 0 Å². The Bertz CT molecular complexity index is 1060. The lowest BCUT2D eigenvalue weighted by Crippen LogP contribution is -2.32. The van der Waals surface area contributed by atoms with Crippen LogP contribution >= 0.6 is 0 Å². The standard InChI is InChI=1S/C21H20FNO3S/c1-15(16-9-11-19(22)12-10-16)23-21(24)14-27(25,26)13-18-7-4-6-17-5-2-3-8-20(17)18/h2-12,15H,13-14H2,1H3,(H,23,24). The zero-order chi connectivity index (χ0) is 19.4. The van der Waals surface area contributed by atoms with E-state index in [1.54, 1.807) is 25.1 Å². The number of hydrogen-bond donors (Lipinski definition) is 1. The first kappa shape index (κ1) is 19.0. The summed E-state index contributed by atoms with van der Waals surface area (Å²) >= 11 is 0. The molecule has 0 bridgehead atoms. The lowest BCUT2D eigenvalue weighted by atomic mass is 10.1. The third-order valence-electron chi connectivity index (χ3n) is 4.35. The normalized spacial score (nSPS) is 12.7. The molecular weight excluding hydrogens is 365 g/mol. The van der Waals surface area contributed by atoms with Gasteiger partial charge < -0.3 is 5.32 Å². The highest BCUT2D eigenvalue weighted by molar-refractivity contribution is 7.91. The molecule has 0 saturated carbocycles. The van der Waals surface area contributed by atoms with E-state index in [0.717, 1.165) is 10.8 Å². The van der Waals surface area contributed by atoms with E-state index in [4.69, 9.17) is 0 Å². The van der Waals surface area contributed by atoms with Crippen molar-refractivity contribution in [3.05, 3.63) is 83.7 Å². The molecule has 1 unspecified atom stereocenters. The molecule has 6 heteroatoms. The van der Waals surface area contributed by atoms with E-state index in [2.05, 4.69) is 5.32 Å². The lowest BCUT2D eigenvalue weighted by Gasteiger charge is -2.14. The van der Waals surface area contributed by atoms with Crippen LogP contribution in [0.4, 0.5) is 4.39 Å². The van der Waals surface area contributed by atoms with Crippen molar-refractivity contribution in [2.75, 3.05) is 5.75 Å². The van der Waals surface area contributed by atoms with Crippen molar-refractivity contribution in [3.8, 4) is 0 Å². The van der Waals surface area contributed by atoms with Gasteiger partial charge >= 0.3 is 0 Å². The second kappa shape index (κ2) is 7.88. The SMILES string of the molecule is CC(NC(=O)CS(=O)(=O)Cc1cccc2ccccc12)c1ccc(F)cc1. The maximum atomic E-state index is 13.0. The third kappa shape index (κ3) is 4.92. The molecule has 3 rings (SSSR count). The summed E-state index contributed by atoms with van der Waals surface area (Å²) in [6.45, 7) is 1.72. The molecule has 1 atom stereocenters. The number of amides is 1. The van der Waals surface area contributed by atoms with E-state index in [1.165, 1.54) is 12.1 Å². The maximum Gasteiger partial charge on any atom is 0.235 e. The summed E-state index contributed by atoms with van der Waals surface area (Å²) < 4.78 is 38.0. The molecule has 27 heavy (non-hydrogen) atoms. The van der Waals surface area contributed by atoms with Crippen molar-refractivity contribution < 1.29 is 17.6 Å². The Morgan fingerprint density at radius 3 is 2.41 bits per heavy atom. The second-order valence-corrected chi connectivity index (χ2v) is 8.58. The van der Waals surface area contributed by atoms with Gasteiger partial charge in [-0.1, -0.05) is 54.6 Å². The molecular formula is C21H20FNO3S. The number of benzene rings is 3. The summed E-state index contributed by atoms with van der Waals surface area (Å²) in [7, 11) is -3.63. The first-order chi connectivity index (χ1) is 12.8.